The molecule has 26 heavy (non-hydrogen) atoms. The van der Waals surface area contributed by atoms with Crippen molar-refractivity contribution in [1.82, 2.24) is 19.4 Å². The van der Waals surface area contributed by atoms with Gasteiger partial charge in [-0.15, -0.1) is 0 Å². The van der Waals surface area contributed by atoms with Crippen LogP contribution in [-0.4, -0.2) is 26.6 Å². The van der Waals surface area contributed by atoms with Crippen molar-refractivity contribution in [2.45, 2.75) is 6.54 Å². The van der Waals surface area contributed by atoms with Crippen molar-refractivity contribution in [2.24, 2.45) is 0 Å². The number of aromatic nitrogens is 3. The first kappa shape index (κ1) is 16.0. The van der Waals surface area contributed by atoms with Gasteiger partial charge in [0.2, 0.25) is 0 Å². The number of benzene rings is 2. The molecule has 0 aliphatic carbocycles. The number of para-hydroxylation sites is 2. The minimum atomic E-state index is -0.170. The molecule has 0 saturated carbocycles. The molecule has 0 radical (unpaired) electrons. The number of H-pyrrole nitrogens is 1. The smallest absolute Gasteiger partial charge is 0.326 e. The molecule has 0 aliphatic heterocycles. The van der Waals surface area contributed by atoms with Crippen molar-refractivity contribution in [2.75, 3.05) is 6.54 Å². The molecule has 6 nitrogen and oxygen atoms in total. The number of nitrogens with one attached hydrogen (secondary N) is 2. The van der Waals surface area contributed by atoms with Gasteiger partial charge in [-0.2, -0.15) is 0 Å². The van der Waals surface area contributed by atoms with E-state index >= 15 is 0 Å². The van der Waals surface area contributed by atoms with E-state index < -0.39 is 0 Å². The molecule has 2 N–H and O–H groups in total. The second-order valence-corrected chi connectivity index (χ2v) is 5.99. The molecule has 0 unspecified atom stereocenters. The van der Waals surface area contributed by atoms with Crippen molar-refractivity contribution >= 4 is 16.9 Å². The van der Waals surface area contributed by atoms with Crippen LogP contribution in [0.3, 0.4) is 0 Å². The van der Waals surface area contributed by atoms with Crippen molar-refractivity contribution in [1.29, 1.82) is 0 Å². The fourth-order valence-corrected chi connectivity index (χ4v) is 3.00. The Morgan fingerprint density at radius 3 is 2.46 bits per heavy atom. The third kappa shape index (κ3) is 3.04. The van der Waals surface area contributed by atoms with Crippen LogP contribution in [0, 0.1) is 0 Å². The number of fused-ring (bicyclic) bond motifs is 1. The predicted octanol–water partition coefficient (Wildman–Crippen LogP) is 2.55. The maximum absolute atomic E-state index is 12.3. The summed E-state index contributed by atoms with van der Waals surface area (Å²) in [6, 6.07) is 18.8. The molecule has 1 amide bonds. The van der Waals surface area contributed by atoms with E-state index in [1.165, 1.54) is 0 Å². The maximum Gasteiger partial charge on any atom is 0.326 e. The molecule has 0 atom stereocenters. The van der Waals surface area contributed by atoms with Crippen LogP contribution >= 0.6 is 0 Å². The molecule has 2 aromatic carbocycles. The quantitative estimate of drug-likeness (QED) is 0.583. The van der Waals surface area contributed by atoms with Gasteiger partial charge in [-0.25, -0.2) is 4.79 Å². The number of hydrogen-bond donors (Lipinski definition) is 2. The van der Waals surface area contributed by atoms with Crippen LogP contribution < -0.4 is 11.0 Å². The van der Waals surface area contributed by atoms with Gasteiger partial charge in [-0.1, -0.05) is 12.1 Å². The minimum Gasteiger partial charge on any atom is -0.350 e. The summed E-state index contributed by atoms with van der Waals surface area (Å²) in [5.41, 5.74) is 3.05. The Bertz CT molecular complexity index is 1090. The molecule has 0 bridgehead atoms. The SMILES string of the molecule is O=C(NCCn1c(=O)[nH]c2ccccc21)c1ccc(-n2cccc2)cc1. The Labute approximate surface area is 149 Å². The van der Waals surface area contributed by atoms with E-state index in [2.05, 4.69) is 10.3 Å². The van der Waals surface area contributed by atoms with E-state index in [1.54, 1.807) is 16.7 Å². The molecule has 0 saturated heterocycles. The van der Waals surface area contributed by atoms with Crippen LogP contribution in [0.4, 0.5) is 0 Å². The summed E-state index contributed by atoms with van der Waals surface area (Å²) in [5, 5.41) is 2.86. The lowest BCUT2D eigenvalue weighted by Gasteiger charge is -2.08. The third-order valence-corrected chi connectivity index (χ3v) is 4.33. The summed E-state index contributed by atoms with van der Waals surface area (Å²) in [6.45, 7) is 0.788. The highest BCUT2D eigenvalue weighted by atomic mass is 16.2. The number of amides is 1. The van der Waals surface area contributed by atoms with Gasteiger partial charge in [0.25, 0.3) is 5.91 Å². The first-order valence-electron chi connectivity index (χ1n) is 8.41. The molecule has 2 aromatic heterocycles. The second kappa shape index (κ2) is 6.76. The zero-order chi connectivity index (χ0) is 17.9. The van der Waals surface area contributed by atoms with E-state index in [0.29, 0.717) is 18.7 Å². The van der Waals surface area contributed by atoms with Crippen molar-refractivity contribution < 1.29 is 4.79 Å². The van der Waals surface area contributed by atoms with Gasteiger partial charge in [0, 0.05) is 36.7 Å². The monoisotopic (exact) mass is 346 g/mol. The number of rotatable bonds is 5. The predicted molar refractivity (Wildman–Crippen MR) is 101 cm³/mol. The van der Waals surface area contributed by atoms with Gasteiger partial charge in [-0.05, 0) is 48.5 Å². The van der Waals surface area contributed by atoms with Crippen LogP contribution in [0.25, 0.3) is 16.7 Å². The van der Waals surface area contributed by atoms with Gasteiger partial charge in [-0.3, -0.25) is 9.36 Å². The molecular formula is C20H18N4O2. The fourth-order valence-electron chi connectivity index (χ4n) is 3.00. The molecule has 4 rings (SSSR count). The Morgan fingerprint density at radius 1 is 0.962 bits per heavy atom. The van der Waals surface area contributed by atoms with Gasteiger partial charge in [0.15, 0.2) is 0 Å². The largest absolute Gasteiger partial charge is 0.350 e. The van der Waals surface area contributed by atoms with E-state index in [-0.39, 0.29) is 11.6 Å². The van der Waals surface area contributed by atoms with Crippen LogP contribution in [0.2, 0.25) is 0 Å². The maximum atomic E-state index is 12.3. The zero-order valence-electron chi connectivity index (χ0n) is 14.1. The summed E-state index contributed by atoms with van der Waals surface area (Å²) in [6.07, 6.45) is 3.90. The molecule has 4 aromatic rings. The van der Waals surface area contributed by atoms with E-state index in [0.717, 1.165) is 16.7 Å². The number of hydrogen-bond acceptors (Lipinski definition) is 2. The van der Waals surface area contributed by atoms with Crippen molar-refractivity contribution in [3.63, 3.8) is 0 Å². The summed E-state index contributed by atoms with van der Waals surface area (Å²) < 4.78 is 3.61. The molecule has 2 heterocycles. The summed E-state index contributed by atoms with van der Waals surface area (Å²) in [4.78, 5) is 27.1. The number of carbonyl (C=O) groups excluding carboxylic acids is 1. The molecule has 130 valence electrons. The molecular weight excluding hydrogens is 328 g/mol. The second-order valence-electron chi connectivity index (χ2n) is 5.99. The van der Waals surface area contributed by atoms with Crippen LogP contribution in [-0.2, 0) is 6.54 Å². The standard InChI is InChI=1S/C20H18N4O2/c25-19(15-7-9-16(10-8-15)23-12-3-4-13-23)21-11-14-24-18-6-2-1-5-17(18)22-20(24)26/h1-10,12-13H,11,14H2,(H,21,25)(H,22,26). The average Bonchev–Trinajstić information content (AvgIpc) is 3.30. The Kier molecular flexibility index (Phi) is 4.15. The van der Waals surface area contributed by atoms with Gasteiger partial charge in [0.1, 0.15) is 0 Å². The lowest BCUT2D eigenvalue weighted by atomic mass is 10.2. The highest BCUT2D eigenvalue weighted by molar-refractivity contribution is 5.94. The lowest BCUT2D eigenvalue weighted by Crippen LogP contribution is -2.30. The number of aromatic amines is 1. The van der Waals surface area contributed by atoms with Crippen molar-refractivity contribution in [3.8, 4) is 5.69 Å². The topological polar surface area (TPSA) is 71.8 Å². The average molecular weight is 346 g/mol. The van der Waals surface area contributed by atoms with Gasteiger partial charge < -0.3 is 14.9 Å². The number of nitrogens with zero attached hydrogens (tertiary/aromatic N) is 2. The van der Waals surface area contributed by atoms with E-state index in [4.69, 9.17) is 0 Å². The molecule has 0 fully saturated rings. The summed E-state index contributed by atoms with van der Waals surface area (Å²) >= 11 is 0. The van der Waals surface area contributed by atoms with Gasteiger partial charge >= 0.3 is 5.69 Å². The normalized spacial score (nSPS) is 10.9. The highest BCUT2D eigenvalue weighted by Crippen LogP contribution is 2.10. The molecule has 0 spiro atoms. The van der Waals surface area contributed by atoms with Crippen LogP contribution in [0.5, 0.6) is 0 Å². The number of carbonyl (C=O) groups is 1. The van der Waals surface area contributed by atoms with Crippen LogP contribution in [0.15, 0.2) is 77.9 Å². The van der Waals surface area contributed by atoms with Crippen LogP contribution in [0.1, 0.15) is 10.4 Å². The van der Waals surface area contributed by atoms with E-state index in [1.807, 2.05) is 65.5 Å². The first-order valence-corrected chi connectivity index (χ1v) is 8.41. The number of imidazole rings is 1. The Hall–Kier alpha value is -3.54. The van der Waals surface area contributed by atoms with Gasteiger partial charge in [0.05, 0.1) is 11.0 Å². The third-order valence-electron chi connectivity index (χ3n) is 4.33. The molecule has 0 aliphatic rings. The van der Waals surface area contributed by atoms with Crippen molar-refractivity contribution in [3.05, 3.63) is 89.1 Å². The summed E-state index contributed by atoms with van der Waals surface area (Å²) in [5.74, 6) is -0.156. The Morgan fingerprint density at radius 2 is 1.69 bits per heavy atom. The zero-order valence-corrected chi connectivity index (χ0v) is 14.1. The molecule has 6 heteroatoms. The van der Waals surface area contributed by atoms with E-state index in [9.17, 15) is 9.59 Å². The Balaban J connectivity index is 1.41. The first-order chi connectivity index (χ1) is 12.7. The minimum absolute atomic E-state index is 0.156. The highest BCUT2D eigenvalue weighted by Gasteiger charge is 2.08. The lowest BCUT2D eigenvalue weighted by molar-refractivity contribution is 0.0952. The fraction of sp³-hybridized carbons (Fsp3) is 0.100. The summed E-state index contributed by atoms with van der Waals surface area (Å²) in [7, 11) is 0.